The molecule has 0 aromatic rings. The number of carboxylic acid groups (broad SMARTS) is 1. The van der Waals surface area contributed by atoms with Gasteiger partial charge in [-0.15, -0.1) is 0 Å². The monoisotopic (exact) mass is 264 g/mol. The maximum absolute atomic E-state index is 12.6. The molecular weight excluding hydrogens is 245 g/mol. The van der Waals surface area contributed by atoms with Gasteiger partial charge in [0.15, 0.2) is 0 Å². The maximum atomic E-state index is 12.6. The Morgan fingerprint density at radius 3 is 1.83 bits per heavy atom. The molecule has 0 amide bonds. The Bertz CT molecular complexity index is 307. The SMILES string of the molecule is O=C(O)C1CCC2(CC1)CCC(C(F)(F)F)CC2. The molecule has 0 saturated heterocycles. The summed E-state index contributed by atoms with van der Waals surface area (Å²) < 4.78 is 37.8. The van der Waals surface area contributed by atoms with E-state index in [1.165, 1.54) is 0 Å². The standard InChI is InChI=1S/C13H19F3O2/c14-13(15,16)10-3-7-12(8-4-10)5-1-9(2-6-12)11(17)18/h9-10H,1-8H2,(H,17,18). The lowest BCUT2D eigenvalue weighted by molar-refractivity contribution is -0.189. The first-order valence-corrected chi connectivity index (χ1v) is 6.62. The van der Waals surface area contributed by atoms with Gasteiger partial charge in [-0.1, -0.05) is 0 Å². The van der Waals surface area contributed by atoms with Crippen LogP contribution >= 0.6 is 0 Å². The molecule has 2 fully saturated rings. The van der Waals surface area contributed by atoms with E-state index in [1.54, 1.807) is 0 Å². The number of rotatable bonds is 1. The minimum Gasteiger partial charge on any atom is -0.481 e. The first-order chi connectivity index (χ1) is 8.32. The predicted octanol–water partition coefficient (Wildman–Crippen LogP) is 4.00. The Hall–Kier alpha value is -0.740. The van der Waals surface area contributed by atoms with Gasteiger partial charge in [0.2, 0.25) is 0 Å². The average molecular weight is 264 g/mol. The van der Waals surface area contributed by atoms with Crippen LogP contribution in [-0.4, -0.2) is 17.3 Å². The van der Waals surface area contributed by atoms with Crippen LogP contribution in [0, 0.1) is 17.3 Å². The Balaban J connectivity index is 1.88. The predicted molar refractivity (Wildman–Crippen MR) is 60.0 cm³/mol. The molecule has 1 N–H and O–H groups in total. The summed E-state index contributed by atoms with van der Waals surface area (Å²) in [5.74, 6) is -2.18. The number of hydrogen-bond acceptors (Lipinski definition) is 1. The fourth-order valence-electron chi connectivity index (χ4n) is 3.53. The van der Waals surface area contributed by atoms with Crippen LogP contribution in [-0.2, 0) is 4.79 Å². The van der Waals surface area contributed by atoms with E-state index in [0.29, 0.717) is 25.7 Å². The topological polar surface area (TPSA) is 37.3 Å². The van der Waals surface area contributed by atoms with Crippen LogP contribution in [0.5, 0.6) is 0 Å². The van der Waals surface area contributed by atoms with Crippen LogP contribution in [0.15, 0.2) is 0 Å². The van der Waals surface area contributed by atoms with Gasteiger partial charge in [-0.3, -0.25) is 4.79 Å². The second-order valence-electron chi connectivity index (χ2n) is 5.93. The zero-order chi connectivity index (χ0) is 13.4. The van der Waals surface area contributed by atoms with Crippen molar-refractivity contribution < 1.29 is 23.1 Å². The van der Waals surface area contributed by atoms with Crippen molar-refractivity contribution in [3.63, 3.8) is 0 Å². The van der Waals surface area contributed by atoms with Crippen LogP contribution in [0.3, 0.4) is 0 Å². The summed E-state index contributed by atoms with van der Waals surface area (Å²) in [6, 6.07) is 0. The van der Waals surface area contributed by atoms with Crippen molar-refractivity contribution in [1.82, 2.24) is 0 Å². The van der Waals surface area contributed by atoms with Gasteiger partial charge in [0.25, 0.3) is 0 Å². The Labute approximate surface area is 105 Å². The molecule has 0 unspecified atom stereocenters. The van der Waals surface area contributed by atoms with E-state index in [1.807, 2.05) is 0 Å². The van der Waals surface area contributed by atoms with Gasteiger partial charge in [-0.25, -0.2) is 0 Å². The molecule has 0 heterocycles. The Morgan fingerprint density at radius 1 is 1.00 bits per heavy atom. The number of halogens is 3. The second-order valence-corrected chi connectivity index (χ2v) is 5.93. The molecule has 2 rings (SSSR count). The van der Waals surface area contributed by atoms with E-state index < -0.39 is 18.1 Å². The lowest BCUT2D eigenvalue weighted by Crippen LogP contribution is -2.37. The minimum atomic E-state index is -4.06. The highest BCUT2D eigenvalue weighted by atomic mass is 19.4. The van der Waals surface area contributed by atoms with Crippen LogP contribution < -0.4 is 0 Å². The quantitative estimate of drug-likeness (QED) is 0.777. The smallest absolute Gasteiger partial charge is 0.391 e. The fourth-order valence-corrected chi connectivity index (χ4v) is 3.53. The number of hydrogen-bond donors (Lipinski definition) is 1. The molecule has 0 aliphatic heterocycles. The number of alkyl halides is 3. The molecule has 2 aliphatic rings. The largest absolute Gasteiger partial charge is 0.481 e. The highest BCUT2D eigenvalue weighted by molar-refractivity contribution is 5.70. The van der Waals surface area contributed by atoms with Crippen molar-refractivity contribution in [2.45, 2.75) is 57.5 Å². The lowest BCUT2D eigenvalue weighted by Gasteiger charge is -2.44. The van der Waals surface area contributed by atoms with E-state index in [2.05, 4.69) is 0 Å². The zero-order valence-corrected chi connectivity index (χ0v) is 10.3. The van der Waals surface area contributed by atoms with E-state index in [-0.39, 0.29) is 24.2 Å². The van der Waals surface area contributed by atoms with Gasteiger partial charge in [-0.2, -0.15) is 13.2 Å². The van der Waals surface area contributed by atoms with Crippen molar-refractivity contribution in [3.8, 4) is 0 Å². The van der Waals surface area contributed by atoms with Crippen LogP contribution in [0.4, 0.5) is 13.2 Å². The normalized spacial score (nSPS) is 37.7. The number of aliphatic carboxylic acids is 1. The third-order valence-corrected chi connectivity index (χ3v) is 4.90. The fraction of sp³-hybridized carbons (Fsp3) is 0.923. The van der Waals surface area contributed by atoms with Gasteiger partial charge >= 0.3 is 12.1 Å². The van der Waals surface area contributed by atoms with Crippen molar-refractivity contribution in [1.29, 1.82) is 0 Å². The average Bonchev–Trinajstić information content (AvgIpc) is 2.29. The van der Waals surface area contributed by atoms with Crippen molar-refractivity contribution in [3.05, 3.63) is 0 Å². The molecule has 5 heteroatoms. The molecule has 0 atom stereocenters. The summed E-state index contributed by atoms with van der Waals surface area (Å²) in [6.45, 7) is 0. The molecule has 0 aromatic heterocycles. The van der Waals surface area contributed by atoms with Crippen LogP contribution in [0.2, 0.25) is 0 Å². The second kappa shape index (κ2) is 4.74. The van der Waals surface area contributed by atoms with Gasteiger partial charge < -0.3 is 5.11 Å². The van der Waals surface area contributed by atoms with Crippen molar-refractivity contribution in [2.24, 2.45) is 17.3 Å². The third-order valence-electron chi connectivity index (χ3n) is 4.90. The first-order valence-electron chi connectivity index (χ1n) is 6.62. The van der Waals surface area contributed by atoms with E-state index in [4.69, 9.17) is 5.11 Å². The van der Waals surface area contributed by atoms with Gasteiger partial charge in [0, 0.05) is 0 Å². The first kappa shape index (κ1) is 13.7. The van der Waals surface area contributed by atoms with E-state index in [9.17, 15) is 18.0 Å². The minimum absolute atomic E-state index is 0.00764. The maximum Gasteiger partial charge on any atom is 0.391 e. The van der Waals surface area contributed by atoms with Crippen molar-refractivity contribution in [2.75, 3.05) is 0 Å². The van der Waals surface area contributed by atoms with Crippen LogP contribution in [0.1, 0.15) is 51.4 Å². The molecular formula is C13H19F3O2. The highest BCUT2D eigenvalue weighted by Crippen LogP contribution is 2.52. The molecule has 18 heavy (non-hydrogen) atoms. The van der Waals surface area contributed by atoms with Crippen molar-refractivity contribution >= 4 is 5.97 Å². The molecule has 2 saturated carbocycles. The van der Waals surface area contributed by atoms with Gasteiger partial charge in [0.05, 0.1) is 11.8 Å². The summed E-state index contributed by atoms with van der Waals surface area (Å²) in [4.78, 5) is 10.9. The number of carbonyl (C=O) groups is 1. The van der Waals surface area contributed by atoms with Gasteiger partial charge in [0.1, 0.15) is 0 Å². The highest BCUT2D eigenvalue weighted by Gasteiger charge is 2.47. The van der Waals surface area contributed by atoms with Crippen LogP contribution in [0.25, 0.3) is 0 Å². The molecule has 2 nitrogen and oxygen atoms in total. The van der Waals surface area contributed by atoms with E-state index >= 15 is 0 Å². The summed E-state index contributed by atoms with van der Waals surface area (Å²) in [5, 5.41) is 8.93. The molecule has 0 aromatic carbocycles. The summed E-state index contributed by atoms with van der Waals surface area (Å²) in [7, 11) is 0. The Kier molecular flexibility index (Phi) is 3.60. The number of carboxylic acids is 1. The molecule has 0 bridgehead atoms. The molecule has 1 spiro atoms. The third kappa shape index (κ3) is 2.81. The summed E-state index contributed by atoms with van der Waals surface area (Å²) in [5.41, 5.74) is 0.00764. The van der Waals surface area contributed by atoms with E-state index in [0.717, 1.165) is 12.8 Å². The molecule has 0 radical (unpaired) electrons. The lowest BCUT2D eigenvalue weighted by atomic mass is 9.61. The zero-order valence-electron chi connectivity index (χ0n) is 10.3. The molecule has 2 aliphatic carbocycles. The molecule has 104 valence electrons. The summed E-state index contributed by atoms with van der Waals surface area (Å²) >= 11 is 0. The summed E-state index contributed by atoms with van der Waals surface area (Å²) in [6.07, 6.45) is 0.455. The Morgan fingerprint density at radius 2 is 1.44 bits per heavy atom. The van der Waals surface area contributed by atoms with Gasteiger partial charge in [-0.05, 0) is 56.8 Å².